The lowest BCUT2D eigenvalue weighted by Gasteiger charge is -2.12. The van der Waals surface area contributed by atoms with Crippen molar-refractivity contribution in [2.24, 2.45) is 0 Å². The molecule has 1 heterocycles. The molecular weight excluding hydrogens is 295 g/mol. The van der Waals surface area contributed by atoms with Crippen molar-refractivity contribution < 1.29 is 22.7 Å². The summed E-state index contributed by atoms with van der Waals surface area (Å²) in [5.74, 6) is 3.62. The number of hydrogen-bond acceptors (Lipinski definition) is 3. The Hall–Kier alpha value is -2.81. The van der Waals surface area contributed by atoms with Crippen LogP contribution in [0.2, 0.25) is 0 Å². The van der Waals surface area contributed by atoms with Crippen molar-refractivity contribution >= 4 is 5.97 Å². The molecule has 0 amide bonds. The van der Waals surface area contributed by atoms with Gasteiger partial charge in [-0.15, -0.1) is 0 Å². The molecule has 22 heavy (non-hydrogen) atoms. The van der Waals surface area contributed by atoms with Crippen LogP contribution in [0.5, 0.6) is 0 Å². The van der Waals surface area contributed by atoms with E-state index in [2.05, 4.69) is 21.6 Å². The number of hydrogen-bond donors (Lipinski definition) is 0. The Morgan fingerprint density at radius 1 is 1.23 bits per heavy atom. The first-order valence-corrected chi connectivity index (χ1v) is 6.14. The molecule has 2 rings (SSSR count). The number of carbonyl (C=O) groups excluding carboxylic acids is 1. The van der Waals surface area contributed by atoms with Gasteiger partial charge in [-0.2, -0.15) is 13.2 Å². The standard InChI is InChI=1S/C16H10F3NO2/c1-22-15(21)8-6-11-5-7-12(13(10-11)16(17,18)19)14-4-2-3-9-20-14/h2-5,7,9-10H,1H3. The summed E-state index contributed by atoms with van der Waals surface area (Å²) in [6.07, 6.45) is -3.14. The topological polar surface area (TPSA) is 39.2 Å². The molecule has 0 aliphatic carbocycles. The van der Waals surface area contributed by atoms with E-state index in [1.807, 2.05) is 0 Å². The number of aromatic nitrogens is 1. The van der Waals surface area contributed by atoms with Gasteiger partial charge in [-0.25, -0.2) is 4.79 Å². The molecule has 1 aromatic heterocycles. The van der Waals surface area contributed by atoms with Crippen LogP contribution in [-0.4, -0.2) is 18.1 Å². The second-order valence-corrected chi connectivity index (χ2v) is 4.21. The molecule has 0 bridgehead atoms. The molecule has 0 aliphatic heterocycles. The summed E-state index contributed by atoms with van der Waals surface area (Å²) in [6.45, 7) is 0. The zero-order valence-electron chi connectivity index (χ0n) is 11.4. The number of alkyl halides is 3. The van der Waals surface area contributed by atoms with E-state index in [1.54, 1.807) is 12.1 Å². The lowest BCUT2D eigenvalue weighted by atomic mass is 10.0. The fourth-order valence-corrected chi connectivity index (χ4v) is 1.78. The van der Waals surface area contributed by atoms with E-state index in [1.165, 1.54) is 24.4 Å². The number of methoxy groups -OCH3 is 1. The minimum Gasteiger partial charge on any atom is -0.459 e. The first kappa shape index (κ1) is 15.6. The second-order valence-electron chi connectivity index (χ2n) is 4.21. The normalized spacial score (nSPS) is 10.5. The first-order valence-electron chi connectivity index (χ1n) is 6.14. The third-order valence-electron chi connectivity index (χ3n) is 2.76. The lowest BCUT2D eigenvalue weighted by molar-refractivity contribution is -0.137. The van der Waals surface area contributed by atoms with Gasteiger partial charge in [0.05, 0.1) is 18.4 Å². The van der Waals surface area contributed by atoms with Crippen LogP contribution in [-0.2, 0) is 15.7 Å². The van der Waals surface area contributed by atoms with E-state index < -0.39 is 17.7 Å². The molecule has 0 spiro atoms. The molecule has 0 N–H and O–H groups in total. The van der Waals surface area contributed by atoms with Crippen LogP contribution < -0.4 is 0 Å². The van der Waals surface area contributed by atoms with E-state index in [0.29, 0.717) is 0 Å². The molecule has 0 atom stereocenters. The molecule has 0 aliphatic rings. The van der Waals surface area contributed by atoms with Gasteiger partial charge in [-0.05, 0) is 24.3 Å². The molecule has 3 nitrogen and oxygen atoms in total. The summed E-state index contributed by atoms with van der Waals surface area (Å²) < 4.78 is 44.0. The summed E-state index contributed by atoms with van der Waals surface area (Å²) in [5, 5.41) is 0. The van der Waals surface area contributed by atoms with Crippen molar-refractivity contribution in [1.29, 1.82) is 0 Å². The van der Waals surface area contributed by atoms with Gasteiger partial charge < -0.3 is 4.74 Å². The number of carbonyl (C=O) groups is 1. The molecule has 1 aromatic carbocycles. The van der Waals surface area contributed by atoms with Gasteiger partial charge >= 0.3 is 12.1 Å². The van der Waals surface area contributed by atoms with Crippen LogP contribution in [0.25, 0.3) is 11.3 Å². The monoisotopic (exact) mass is 305 g/mol. The second kappa shape index (κ2) is 6.31. The van der Waals surface area contributed by atoms with E-state index >= 15 is 0 Å². The molecule has 6 heteroatoms. The molecule has 0 fully saturated rings. The summed E-state index contributed by atoms with van der Waals surface area (Å²) in [4.78, 5) is 14.9. The molecule has 0 radical (unpaired) electrons. The zero-order valence-corrected chi connectivity index (χ0v) is 11.4. The highest BCUT2D eigenvalue weighted by molar-refractivity contribution is 5.89. The van der Waals surface area contributed by atoms with Crippen LogP contribution in [0.3, 0.4) is 0 Å². The third-order valence-corrected chi connectivity index (χ3v) is 2.76. The Morgan fingerprint density at radius 2 is 2.00 bits per heavy atom. The maximum Gasteiger partial charge on any atom is 0.417 e. The maximum absolute atomic E-state index is 13.2. The van der Waals surface area contributed by atoms with Crippen molar-refractivity contribution in [3.63, 3.8) is 0 Å². The Morgan fingerprint density at radius 3 is 2.59 bits per heavy atom. The van der Waals surface area contributed by atoms with Crippen LogP contribution in [0.15, 0.2) is 42.6 Å². The highest BCUT2D eigenvalue weighted by Crippen LogP contribution is 2.36. The lowest BCUT2D eigenvalue weighted by Crippen LogP contribution is -2.08. The number of esters is 1. The molecule has 0 saturated heterocycles. The first-order chi connectivity index (χ1) is 10.4. The predicted octanol–water partition coefficient (Wildman–Crippen LogP) is 3.29. The van der Waals surface area contributed by atoms with Crippen molar-refractivity contribution in [2.45, 2.75) is 6.18 Å². The Kier molecular flexibility index (Phi) is 4.47. The van der Waals surface area contributed by atoms with Crippen LogP contribution in [0, 0.1) is 11.8 Å². The Labute approximate surface area is 124 Å². The molecule has 2 aromatic rings. The average Bonchev–Trinajstić information content (AvgIpc) is 2.52. The van der Waals surface area contributed by atoms with Gasteiger partial charge in [-0.3, -0.25) is 4.98 Å². The SMILES string of the molecule is COC(=O)C#Cc1ccc(-c2ccccn2)c(C(F)(F)F)c1. The predicted molar refractivity (Wildman–Crippen MR) is 73.6 cm³/mol. The number of pyridine rings is 1. The smallest absolute Gasteiger partial charge is 0.417 e. The number of halogens is 3. The summed E-state index contributed by atoms with van der Waals surface area (Å²) in [5.41, 5.74) is -0.626. The molecule has 0 unspecified atom stereocenters. The summed E-state index contributed by atoms with van der Waals surface area (Å²) in [7, 11) is 1.14. The number of nitrogens with zero attached hydrogens (tertiary/aromatic N) is 1. The Bertz CT molecular complexity index is 743. The zero-order chi connectivity index (χ0) is 16.2. The molecule has 0 saturated carbocycles. The largest absolute Gasteiger partial charge is 0.459 e. The summed E-state index contributed by atoms with van der Waals surface area (Å²) >= 11 is 0. The van der Waals surface area contributed by atoms with E-state index in [0.717, 1.165) is 13.2 Å². The average molecular weight is 305 g/mol. The Balaban J connectivity index is 2.53. The summed E-state index contributed by atoms with van der Waals surface area (Å²) in [6, 6.07) is 8.28. The van der Waals surface area contributed by atoms with Crippen LogP contribution in [0.1, 0.15) is 11.1 Å². The van der Waals surface area contributed by atoms with Crippen LogP contribution in [0.4, 0.5) is 13.2 Å². The number of benzene rings is 1. The minimum absolute atomic E-state index is 0.0447. The van der Waals surface area contributed by atoms with E-state index in [4.69, 9.17) is 0 Å². The molecular formula is C16H10F3NO2. The fourth-order valence-electron chi connectivity index (χ4n) is 1.78. The van der Waals surface area contributed by atoms with Crippen molar-refractivity contribution in [3.05, 3.63) is 53.7 Å². The highest BCUT2D eigenvalue weighted by Gasteiger charge is 2.34. The van der Waals surface area contributed by atoms with Gasteiger partial charge in [0.15, 0.2) is 0 Å². The molecule has 112 valence electrons. The maximum atomic E-state index is 13.2. The third kappa shape index (κ3) is 3.64. The van der Waals surface area contributed by atoms with Gasteiger partial charge in [0, 0.05) is 23.2 Å². The van der Waals surface area contributed by atoms with E-state index in [9.17, 15) is 18.0 Å². The van der Waals surface area contributed by atoms with Gasteiger partial charge in [0.25, 0.3) is 0 Å². The van der Waals surface area contributed by atoms with Gasteiger partial charge in [-0.1, -0.05) is 18.1 Å². The van der Waals surface area contributed by atoms with Crippen molar-refractivity contribution in [3.8, 4) is 23.1 Å². The number of rotatable bonds is 1. The van der Waals surface area contributed by atoms with Gasteiger partial charge in [0.2, 0.25) is 0 Å². The minimum atomic E-state index is -4.56. The quantitative estimate of drug-likeness (QED) is 0.599. The fraction of sp³-hybridized carbons (Fsp3) is 0.125. The number of ether oxygens (including phenoxy) is 1. The van der Waals surface area contributed by atoms with Crippen molar-refractivity contribution in [2.75, 3.05) is 7.11 Å². The van der Waals surface area contributed by atoms with Crippen LogP contribution >= 0.6 is 0 Å². The van der Waals surface area contributed by atoms with Crippen molar-refractivity contribution in [1.82, 2.24) is 4.98 Å². The van der Waals surface area contributed by atoms with E-state index in [-0.39, 0.29) is 16.8 Å². The highest BCUT2D eigenvalue weighted by atomic mass is 19.4. The van der Waals surface area contributed by atoms with Gasteiger partial charge in [0.1, 0.15) is 0 Å².